The van der Waals surface area contributed by atoms with Gasteiger partial charge in [0, 0.05) is 42.8 Å². The van der Waals surface area contributed by atoms with Crippen LogP contribution in [0, 0.1) is 0 Å². The summed E-state index contributed by atoms with van der Waals surface area (Å²) in [5.41, 5.74) is 2.15. The Morgan fingerprint density at radius 1 is 1.03 bits per heavy atom. The zero-order chi connectivity index (χ0) is 21.8. The molecule has 0 N–H and O–H groups in total. The number of fused-ring (bicyclic) bond motifs is 1. The lowest BCUT2D eigenvalue weighted by Crippen LogP contribution is -2.51. The number of ether oxygens (including phenoxy) is 1. The molecule has 6 nitrogen and oxygen atoms in total. The average molecular weight is 438 g/mol. The summed E-state index contributed by atoms with van der Waals surface area (Å²) in [7, 11) is 0. The number of para-hydroxylation sites is 1. The van der Waals surface area contributed by atoms with Gasteiger partial charge in [-0.1, -0.05) is 41.9 Å². The number of halogens is 1. The lowest BCUT2D eigenvalue weighted by Gasteiger charge is -2.38. The predicted octanol–water partition coefficient (Wildman–Crippen LogP) is 3.95. The largest absolute Gasteiger partial charge is 0.465 e. The van der Waals surface area contributed by atoms with Gasteiger partial charge in [0.1, 0.15) is 6.04 Å². The Balaban J connectivity index is 1.51. The highest BCUT2D eigenvalue weighted by Gasteiger charge is 2.33. The van der Waals surface area contributed by atoms with Crippen molar-refractivity contribution >= 4 is 34.4 Å². The van der Waals surface area contributed by atoms with E-state index in [4.69, 9.17) is 16.3 Å². The fraction of sp³-hybridized carbons (Fsp3) is 0.292. The van der Waals surface area contributed by atoms with E-state index in [0.717, 1.165) is 10.9 Å². The van der Waals surface area contributed by atoms with Gasteiger partial charge in [-0.05, 0) is 36.8 Å². The van der Waals surface area contributed by atoms with Crippen molar-refractivity contribution < 1.29 is 14.3 Å². The average Bonchev–Trinajstić information content (AvgIpc) is 2.80. The molecular formula is C24H24ClN3O3. The first-order valence-corrected chi connectivity index (χ1v) is 10.8. The lowest BCUT2D eigenvalue weighted by atomic mass is 10.0. The van der Waals surface area contributed by atoms with E-state index in [1.54, 1.807) is 25.3 Å². The van der Waals surface area contributed by atoms with Crippen molar-refractivity contribution in [1.82, 2.24) is 14.8 Å². The predicted molar refractivity (Wildman–Crippen MR) is 120 cm³/mol. The van der Waals surface area contributed by atoms with Crippen LogP contribution in [0.15, 0.2) is 60.8 Å². The molecule has 7 heteroatoms. The van der Waals surface area contributed by atoms with E-state index in [2.05, 4.69) is 9.88 Å². The quantitative estimate of drug-likeness (QED) is 0.565. The summed E-state index contributed by atoms with van der Waals surface area (Å²) < 4.78 is 5.33. The van der Waals surface area contributed by atoms with Gasteiger partial charge in [-0.15, -0.1) is 0 Å². The zero-order valence-electron chi connectivity index (χ0n) is 17.3. The number of hydrogen-bond donors (Lipinski definition) is 0. The van der Waals surface area contributed by atoms with Gasteiger partial charge < -0.3 is 9.64 Å². The van der Waals surface area contributed by atoms with Gasteiger partial charge in [0.15, 0.2) is 0 Å². The molecule has 4 rings (SSSR count). The van der Waals surface area contributed by atoms with E-state index in [0.29, 0.717) is 48.9 Å². The molecule has 1 aliphatic rings. The molecule has 160 valence electrons. The van der Waals surface area contributed by atoms with Crippen molar-refractivity contribution in [3.63, 3.8) is 0 Å². The molecule has 3 aromatic rings. The van der Waals surface area contributed by atoms with Gasteiger partial charge in [-0.3, -0.25) is 14.7 Å². The molecule has 1 saturated heterocycles. The number of aromatic nitrogens is 1. The second kappa shape index (κ2) is 9.45. The SMILES string of the molecule is CCOC(=O)C(c1ccc(Cl)cc1)N1CCN(C(=O)c2cccc3cccnc23)CC1. The maximum atomic E-state index is 13.2. The van der Waals surface area contributed by atoms with Crippen LogP contribution >= 0.6 is 11.6 Å². The van der Waals surface area contributed by atoms with Gasteiger partial charge in [0.2, 0.25) is 0 Å². The van der Waals surface area contributed by atoms with Crippen LogP contribution in [0.4, 0.5) is 0 Å². The Bertz CT molecular complexity index is 1070. The molecule has 1 aliphatic heterocycles. The molecule has 0 saturated carbocycles. The number of hydrogen-bond acceptors (Lipinski definition) is 5. The normalized spacial score (nSPS) is 15.6. The van der Waals surface area contributed by atoms with E-state index in [9.17, 15) is 9.59 Å². The molecule has 0 aliphatic carbocycles. The Hall–Kier alpha value is -2.96. The van der Waals surface area contributed by atoms with Crippen LogP contribution in [0.3, 0.4) is 0 Å². The number of nitrogens with zero attached hydrogens (tertiary/aromatic N) is 3. The summed E-state index contributed by atoms with van der Waals surface area (Å²) >= 11 is 6.02. The standard InChI is InChI=1S/C24H24ClN3O3/c1-2-31-24(30)22(18-8-10-19(25)11-9-18)27-13-15-28(16-14-27)23(29)20-7-3-5-17-6-4-12-26-21(17)20/h3-12,22H,2,13-16H2,1H3. The smallest absolute Gasteiger partial charge is 0.328 e. The molecule has 1 aromatic heterocycles. The molecule has 2 heterocycles. The van der Waals surface area contributed by atoms with Crippen LogP contribution in [0.1, 0.15) is 28.9 Å². The van der Waals surface area contributed by atoms with Crippen LogP contribution in [0.2, 0.25) is 5.02 Å². The van der Waals surface area contributed by atoms with E-state index in [1.807, 2.05) is 47.4 Å². The number of piperazine rings is 1. The van der Waals surface area contributed by atoms with Crippen molar-refractivity contribution in [2.24, 2.45) is 0 Å². The minimum Gasteiger partial charge on any atom is -0.465 e. The van der Waals surface area contributed by atoms with Gasteiger partial charge in [0.05, 0.1) is 17.7 Å². The maximum absolute atomic E-state index is 13.2. The fourth-order valence-corrected chi connectivity index (χ4v) is 4.12. The van der Waals surface area contributed by atoms with E-state index < -0.39 is 6.04 Å². The molecule has 0 spiro atoms. The summed E-state index contributed by atoms with van der Waals surface area (Å²) in [6, 6.07) is 16.2. The summed E-state index contributed by atoms with van der Waals surface area (Å²) in [6.07, 6.45) is 1.70. The molecule has 0 bridgehead atoms. The zero-order valence-corrected chi connectivity index (χ0v) is 18.1. The summed E-state index contributed by atoms with van der Waals surface area (Å²) in [4.78, 5) is 34.2. The molecule has 1 amide bonds. The minimum absolute atomic E-state index is 0.0388. The molecule has 0 radical (unpaired) electrons. The van der Waals surface area contributed by atoms with Gasteiger partial charge in [-0.25, -0.2) is 4.79 Å². The Morgan fingerprint density at radius 2 is 1.74 bits per heavy atom. The monoisotopic (exact) mass is 437 g/mol. The third kappa shape index (κ3) is 4.55. The highest BCUT2D eigenvalue weighted by atomic mass is 35.5. The van der Waals surface area contributed by atoms with Crippen molar-refractivity contribution in [3.8, 4) is 0 Å². The second-order valence-electron chi connectivity index (χ2n) is 7.42. The van der Waals surface area contributed by atoms with Crippen LogP contribution < -0.4 is 0 Å². The van der Waals surface area contributed by atoms with Crippen LogP contribution in [0.5, 0.6) is 0 Å². The number of benzene rings is 2. The number of esters is 1. The van der Waals surface area contributed by atoms with E-state index in [-0.39, 0.29) is 11.9 Å². The first kappa shape index (κ1) is 21.3. The first-order chi connectivity index (χ1) is 15.1. The van der Waals surface area contributed by atoms with Crippen molar-refractivity contribution in [2.45, 2.75) is 13.0 Å². The minimum atomic E-state index is -0.520. The third-order valence-corrected chi connectivity index (χ3v) is 5.78. The van der Waals surface area contributed by atoms with Crippen LogP contribution in [-0.2, 0) is 9.53 Å². The number of carbonyl (C=O) groups is 2. The fourth-order valence-electron chi connectivity index (χ4n) is 3.99. The van der Waals surface area contributed by atoms with Crippen molar-refractivity contribution in [1.29, 1.82) is 0 Å². The van der Waals surface area contributed by atoms with Crippen LogP contribution in [-0.4, -0.2) is 59.4 Å². The molecule has 1 fully saturated rings. The first-order valence-electron chi connectivity index (χ1n) is 10.4. The summed E-state index contributed by atoms with van der Waals surface area (Å²) in [5, 5.41) is 1.56. The van der Waals surface area contributed by atoms with Crippen LogP contribution in [0.25, 0.3) is 10.9 Å². The topological polar surface area (TPSA) is 62.7 Å². The molecular weight excluding hydrogens is 414 g/mol. The molecule has 1 atom stereocenters. The maximum Gasteiger partial charge on any atom is 0.328 e. The number of amides is 1. The van der Waals surface area contributed by atoms with E-state index in [1.165, 1.54) is 0 Å². The third-order valence-electron chi connectivity index (χ3n) is 5.53. The van der Waals surface area contributed by atoms with Crippen molar-refractivity contribution in [2.75, 3.05) is 32.8 Å². The molecule has 2 aromatic carbocycles. The summed E-state index contributed by atoms with van der Waals surface area (Å²) in [5.74, 6) is -0.328. The van der Waals surface area contributed by atoms with Crippen molar-refractivity contribution in [3.05, 3.63) is 76.9 Å². The Morgan fingerprint density at radius 3 is 2.45 bits per heavy atom. The summed E-state index contributed by atoms with van der Waals surface area (Å²) in [6.45, 7) is 4.28. The lowest BCUT2D eigenvalue weighted by molar-refractivity contribution is -0.150. The Labute approximate surface area is 186 Å². The van der Waals surface area contributed by atoms with Gasteiger partial charge in [0.25, 0.3) is 5.91 Å². The highest BCUT2D eigenvalue weighted by Crippen LogP contribution is 2.26. The second-order valence-corrected chi connectivity index (χ2v) is 7.85. The molecule has 31 heavy (non-hydrogen) atoms. The molecule has 1 unspecified atom stereocenters. The number of rotatable bonds is 5. The van der Waals surface area contributed by atoms with Gasteiger partial charge in [-0.2, -0.15) is 0 Å². The highest BCUT2D eigenvalue weighted by molar-refractivity contribution is 6.30. The van der Waals surface area contributed by atoms with E-state index >= 15 is 0 Å². The number of carbonyl (C=O) groups excluding carboxylic acids is 2. The van der Waals surface area contributed by atoms with Gasteiger partial charge >= 0.3 is 5.97 Å². The number of pyridine rings is 1. The Kier molecular flexibility index (Phi) is 6.49.